The molecule has 130 valence electrons. The van der Waals surface area contributed by atoms with Crippen molar-refractivity contribution in [3.63, 3.8) is 0 Å². The van der Waals surface area contributed by atoms with Crippen molar-refractivity contribution >= 4 is 16.5 Å². The van der Waals surface area contributed by atoms with Crippen LogP contribution < -0.4 is 5.32 Å². The van der Waals surface area contributed by atoms with Crippen LogP contribution in [-0.4, -0.2) is 34.0 Å². The van der Waals surface area contributed by atoms with Crippen LogP contribution in [0.1, 0.15) is 23.9 Å². The number of hydrogen-bond acceptors (Lipinski definition) is 5. The maximum Gasteiger partial charge on any atom is 0.427 e. The fourth-order valence-corrected chi connectivity index (χ4v) is 3.69. The molecule has 0 amide bonds. The third-order valence-corrected chi connectivity index (χ3v) is 5.17. The lowest BCUT2D eigenvalue weighted by Gasteiger charge is -2.37. The Kier molecular flexibility index (Phi) is 5.05. The van der Waals surface area contributed by atoms with Crippen LogP contribution in [0.4, 0.5) is 18.3 Å². The Labute approximate surface area is 142 Å². The average molecular weight is 356 g/mol. The van der Waals surface area contributed by atoms with Gasteiger partial charge in [0.15, 0.2) is 5.13 Å². The zero-order valence-corrected chi connectivity index (χ0v) is 14.1. The second-order valence-electron chi connectivity index (χ2n) is 6.10. The zero-order chi connectivity index (χ0) is 17.2. The molecule has 1 fully saturated rings. The molecule has 0 aromatic carbocycles. The van der Waals surface area contributed by atoms with Gasteiger partial charge < -0.3 is 5.32 Å². The van der Waals surface area contributed by atoms with E-state index in [9.17, 15) is 13.2 Å². The Hall–Kier alpha value is -1.67. The van der Waals surface area contributed by atoms with E-state index in [0.29, 0.717) is 22.4 Å². The lowest BCUT2D eigenvalue weighted by Crippen LogP contribution is -2.44. The van der Waals surface area contributed by atoms with Gasteiger partial charge in [-0.3, -0.25) is 9.88 Å². The number of halogens is 3. The number of nitrogens with one attached hydrogen (secondary N) is 1. The van der Waals surface area contributed by atoms with Crippen LogP contribution in [0.15, 0.2) is 30.6 Å². The lowest BCUT2D eigenvalue weighted by molar-refractivity contribution is -0.134. The molecule has 2 aromatic rings. The molecular formula is C16H19F3N4S. The maximum absolute atomic E-state index is 12.6. The summed E-state index contributed by atoms with van der Waals surface area (Å²) in [6.45, 7) is 4.68. The van der Waals surface area contributed by atoms with Crippen molar-refractivity contribution in [3.8, 4) is 0 Å². The highest BCUT2D eigenvalue weighted by molar-refractivity contribution is 7.15. The van der Waals surface area contributed by atoms with Gasteiger partial charge in [-0.15, -0.1) is 0 Å². The highest BCUT2D eigenvalue weighted by Gasteiger charge is 2.34. The quantitative estimate of drug-likeness (QED) is 0.903. The van der Waals surface area contributed by atoms with Crippen LogP contribution in [-0.2, 0) is 12.7 Å². The van der Waals surface area contributed by atoms with Gasteiger partial charge in [-0.1, -0.05) is 24.3 Å². The smallest absolute Gasteiger partial charge is 0.358 e. The molecule has 4 nitrogen and oxygen atoms in total. The third-order valence-electron chi connectivity index (χ3n) is 4.20. The first-order valence-corrected chi connectivity index (χ1v) is 8.65. The summed E-state index contributed by atoms with van der Waals surface area (Å²) in [6.07, 6.45) is -0.772. The average Bonchev–Trinajstić information content (AvgIpc) is 3.00. The van der Waals surface area contributed by atoms with Crippen molar-refractivity contribution in [2.24, 2.45) is 5.92 Å². The molecule has 2 unspecified atom stereocenters. The summed E-state index contributed by atoms with van der Waals surface area (Å²) in [5, 5.41) is 3.52. The van der Waals surface area contributed by atoms with E-state index in [1.165, 1.54) is 0 Å². The van der Waals surface area contributed by atoms with Crippen molar-refractivity contribution in [3.05, 3.63) is 41.2 Å². The second kappa shape index (κ2) is 7.06. The van der Waals surface area contributed by atoms with Crippen LogP contribution in [0.2, 0.25) is 0 Å². The SMILES string of the molecule is CC1CN(Cc2ccccn2)CCC1Nc1ncc(C(F)(F)F)s1. The van der Waals surface area contributed by atoms with Crippen LogP contribution in [0, 0.1) is 5.92 Å². The van der Waals surface area contributed by atoms with E-state index in [-0.39, 0.29) is 6.04 Å². The molecule has 0 radical (unpaired) electrons. The molecule has 0 saturated carbocycles. The Balaban J connectivity index is 1.55. The number of pyridine rings is 1. The van der Waals surface area contributed by atoms with Gasteiger partial charge in [0.05, 0.1) is 11.9 Å². The molecule has 3 rings (SSSR count). The van der Waals surface area contributed by atoms with E-state index in [1.807, 2.05) is 18.2 Å². The first-order valence-electron chi connectivity index (χ1n) is 7.83. The van der Waals surface area contributed by atoms with Gasteiger partial charge >= 0.3 is 6.18 Å². The summed E-state index contributed by atoms with van der Waals surface area (Å²) in [6, 6.07) is 6.01. The molecule has 1 saturated heterocycles. The molecule has 1 N–H and O–H groups in total. The molecule has 3 heterocycles. The molecule has 2 aromatic heterocycles. The molecule has 2 atom stereocenters. The highest BCUT2D eigenvalue weighted by Crippen LogP contribution is 2.35. The van der Waals surface area contributed by atoms with Crippen LogP contribution in [0.5, 0.6) is 0 Å². The van der Waals surface area contributed by atoms with Gasteiger partial charge in [-0.25, -0.2) is 4.98 Å². The van der Waals surface area contributed by atoms with Crippen LogP contribution in [0.25, 0.3) is 0 Å². The number of alkyl halides is 3. The minimum Gasteiger partial charge on any atom is -0.358 e. The largest absolute Gasteiger partial charge is 0.427 e. The summed E-state index contributed by atoms with van der Waals surface area (Å²) >= 11 is 0.668. The Morgan fingerprint density at radius 2 is 2.17 bits per heavy atom. The molecule has 0 aliphatic carbocycles. The topological polar surface area (TPSA) is 41.1 Å². The Morgan fingerprint density at radius 1 is 1.33 bits per heavy atom. The van der Waals surface area contributed by atoms with E-state index in [1.54, 1.807) is 6.20 Å². The van der Waals surface area contributed by atoms with E-state index in [2.05, 4.69) is 27.1 Å². The van der Waals surface area contributed by atoms with Crippen molar-refractivity contribution in [1.82, 2.24) is 14.9 Å². The lowest BCUT2D eigenvalue weighted by atomic mass is 9.94. The second-order valence-corrected chi connectivity index (χ2v) is 7.13. The molecule has 1 aliphatic heterocycles. The number of thiazole rings is 1. The third kappa shape index (κ3) is 4.24. The maximum atomic E-state index is 12.6. The van der Waals surface area contributed by atoms with Gasteiger partial charge in [0.25, 0.3) is 0 Å². The van der Waals surface area contributed by atoms with Crippen molar-refractivity contribution in [1.29, 1.82) is 0 Å². The molecule has 0 bridgehead atoms. The number of piperidine rings is 1. The number of aromatic nitrogens is 2. The van der Waals surface area contributed by atoms with E-state index >= 15 is 0 Å². The fraction of sp³-hybridized carbons (Fsp3) is 0.500. The van der Waals surface area contributed by atoms with Gasteiger partial charge in [0.1, 0.15) is 4.88 Å². The number of rotatable bonds is 4. The fourth-order valence-electron chi connectivity index (χ4n) is 2.94. The minimum atomic E-state index is -4.32. The summed E-state index contributed by atoms with van der Waals surface area (Å²) in [5.41, 5.74) is 1.03. The monoisotopic (exact) mass is 356 g/mol. The normalized spacial score (nSPS) is 22.5. The number of likely N-dealkylation sites (tertiary alicyclic amines) is 1. The van der Waals surface area contributed by atoms with E-state index < -0.39 is 11.1 Å². The zero-order valence-electron chi connectivity index (χ0n) is 13.3. The van der Waals surface area contributed by atoms with Gasteiger partial charge in [-0.05, 0) is 24.5 Å². The minimum absolute atomic E-state index is 0.136. The van der Waals surface area contributed by atoms with Crippen molar-refractivity contribution < 1.29 is 13.2 Å². The van der Waals surface area contributed by atoms with Crippen molar-refractivity contribution in [2.45, 2.75) is 32.1 Å². The Bertz CT molecular complexity index is 659. The first kappa shape index (κ1) is 17.2. The molecule has 1 aliphatic rings. The number of anilines is 1. The predicted octanol–water partition coefficient (Wildman–Crippen LogP) is 3.88. The summed E-state index contributed by atoms with van der Waals surface area (Å²) < 4.78 is 37.9. The van der Waals surface area contributed by atoms with Gasteiger partial charge in [0.2, 0.25) is 0 Å². The molecule has 8 heteroatoms. The molecule has 24 heavy (non-hydrogen) atoms. The van der Waals surface area contributed by atoms with E-state index in [0.717, 1.165) is 37.9 Å². The summed E-state index contributed by atoms with van der Waals surface area (Å²) in [4.78, 5) is 9.87. The standard InChI is InChI=1S/C16H19F3N4S/c1-11-9-23(10-12-4-2-3-6-20-12)7-5-13(11)22-15-21-8-14(24-15)16(17,18)19/h2-4,6,8,11,13H,5,7,9-10H2,1H3,(H,21,22). The predicted molar refractivity (Wildman–Crippen MR) is 87.8 cm³/mol. The highest BCUT2D eigenvalue weighted by atomic mass is 32.1. The summed E-state index contributed by atoms with van der Waals surface area (Å²) in [7, 11) is 0. The number of nitrogens with zero attached hydrogens (tertiary/aromatic N) is 3. The van der Waals surface area contributed by atoms with Crippen LogP contribution in [0.3, 0.4) is 0 Å². The van der Waals surface area contributed by atoms with Gasteiger partial charge in [0, 0.05) is 31.9 Å². The molecule has 0 spiro atoms. The van der Waals surface area contributed by atoms with Gasteiger partial charge in [-0.2, -0.15) is 13.2 Å². The Morgan fingerprint density at radius 3 is 2.79 bits per heavy atom. The summed E-state index contributed by atoms with van der Waals surface area (Å²) in [5.74, 6) is 0.320. The van der Waals surface area contributed by atoms with Crippen molar-refractivity contribution in [2.75, 3.05) is 18.4 Å². The first-order chi connectivity index (χ1) is 11.4. The van der Waals surface area contributed by atoms with Crippen LogP contribution >= 0.6 is 11.3 Å². The molecular weight excluding hydrogens is 337 g/mol. The van der Waals surface area contributed by atoms with E-state index in [4.69, 9.17) is 0 Å². The number of hydrogen-bond donors (Lipinski definition) is 1.